The van der Waals surface area contributed by atoms with Gasteiger partial charge in [-0.15, -0.1) is 0 Å². The molecular formula is C5H13N2O4P. The van der Waals surface area contributed by atoms with Gasteiger partial charge in [0.2, 0.25) is 0 Å². The van der Waals surface area contributed by atoms with Crippen LogP contribution in [0.2, 0.25) is 0 Å². The van der Waals surface area contributed by atoms with E-state index in [2.05, 4.69) is 4.52 Å². The van der Waals surface area contributed by atoms with Crippen LogP contribution in [-0.4, -0.2) is 22.7 Å². The quantitative estimate of drug-likeness (QED) is 0.517. The van der Waals surface area contributed by atoms with Gasteiger partial charge in [0, 0.05) is 0 Å². The van der Waals surface area contributed by atoms with E-state index >= 15 is 0 Å². The van der Waals surface area contributed by atoms with Gasteiger partial charge in [0.15, 0.2) is 0 Å². The summed E-state index contributed by atoms with van der Waals surface area (Å²) in [6.07, 6.45) is 0. The summed E-state index contributed by atoms with van der Waals surface area (Å²) in [4.78, 5) is 19.7. The molecule has 0 spiro atoms. The highest BCUT2D eigenvalue weighted by Crippen LogP contribution is 2.44. The molecule has 5 N–H and O–H groups in total. The molecule has 0 heterocycles. The predicted octanol–water partition coefficient (Wildman–Crippen LogP) is -0.633. The number of carbonyl (C=O) groups excluding carboxylic acids is 1. The van der Waals surface area contributed by atoms with Gasteiger partial charge in [-0.3, -0.25) is 4.79 Å². The Balaban J connectivity index is 4.26. The lowest BCUT2D eigenvalue weighted by Crippen LogP contribution is -2.30. The Labute approximate surface area is 70.4 Å². The molecule has 0 aromatic heterocycles. The van der Waals surface area contributed by atoms with Crippen molar-refractivity contribution in [2.45, 2.75) is 25.7 Å². The Kier molecular flexibility index (Phi) is 3.86. The van der Waals surface area contributed by atoms with Crippen molar-refractivity contribution in [3.05, 3.63) is 0 Å². The molecule has 0 aliphatic carbocycles. The zero-order chi connectivity index (χ0) is 9.94. The highest BCUT2D eigenvalue weighted by molar-refractivity contribution is 7.54. The fourth-order valence-electron chi connectivity index (χ4n) is 0.295. The molecule has 7 heteroatoms. The molecule has 1 unspecified atom stereocenters. The van der Waals surface area contributed by atoms with Crippen LogP contribution < -0.4 is 11.5 Å². The molecule has 0 saturated heterocycles. The fourth-order valence-corrected chi connectivity index (χ4v) is 0.886. The molecule has 6 nitrogen and oxygen atoms in total. The van der Waals surface area contributed by atoms with Crippen molar-refractivity contribution in [1.29, 1.82) is 0 Å². The van der Waals surface area contributed by atoms with Crippen molar-refractivity contribution in [3.63, 3.8) is 0 Å². The van der Waals surface area contributed by atoms with Crippen LogP contribution in [0, 0.1) is 0 Å². The summed E-state index contributed by atoms with van der Waals surface area (Å²) in [5, 5.41) is 0. The van der Waals surface area contributed by atoms with E-state index in [0.717, 1.165) is 0 Å². The van der Waals surface area contributed by atoms with E-state index in [-0.39, 0.29) is 0 Å². The first kappa shape index (κ1) is 11.6. The zero-order valence-corrected chi connectivity index (χ0v) is 7.82. The van der Waals surface area contributed by atoms with E-state index in [1.807, 2.05) is 0 Å². The topological polar surface area (TPSA) is 116 Å². The van der Waals surface area contributed by atoms with Gasteiger partial charge in [-0.1, -0.05) is 0 Å². The Morgan fingerprint density at radius 3 is 2.17 bits per heavy atom. The molecule has 0 aromatic carbocycles. The van der Waals surface area contributed by atoms with E-state index < -0.39 is 25.4 Å². The van der Waals surface area contributed by atoms with Gasteiger partial charge in [0.05, 0.1) is 0 Å². The second kappa shape index (κ2) is 4.00. The maximum atomic E-state index is 11.0. The maximum absolute atomic E-state index is 11.0. The zero-order valence-electron chi connectivity index (χ0n) is 6.93. The van der Waals surface area contributed by atoms with Crippen LogP contribution in [-0.2, 0) is 13.9 Å². The van der Waals surface area contributed by atoms with Crippen LogP contribution in [0.15, 0.2) is 0 Å². The Morgan fingerprint density at radius 1 is 1.50 bits per heavy atom. The Bertz CT molecular complexity index is 215. The molecule has 0 saturated carbocycles. The largest absolute Gasteiger partial charge is 0.395 e. The third-order valence-corrected chi connectivity index (χ3v) is 2.58. The summed E-state index contributed by atoms with van der Waals surface area (Å²) in [5.74, 6) is -2.03. The number of nitrogens with two attached hydrogens (primary N) is 2. The lowest BCUT2D eigenvalue weighted by atomic mass is 10.4. The highest BCUT2D eigenvalue weighted by Gasteiger charge is 2.30. The average molecular weight is 196 g/mol. The lowest BCUT2D eigenvalue weighted by molar-refractivity contribution is -0.135. The minimum absolute atomic E-state index is 0.927. The molecule has 0 rings (SSSR count). The van der Waals surface area contributed by atoms with Crippen LogP contribution in [0.3, 0.4) is 0 Å². The molecule has 0 aliphatic heterocycles. The molecule has 12 heavy (non-hydrogen) atoms. The summed E-state index contributed by atoms with van der Waals surface area (Å²) < 4.78 is 15.1. The molecule has 0 fully saturated rings. The van der Waals surface area contributed by atoms with Gasteiger partial charge in [0.25, 0.3) is 0 Å². The smallest absolute Gasteiger partial charge is 0.390 e. The highest BCUT2D eigenvalue weighted by atomic mass is 31.2. The molecule has 3 atom stereocenters. The van der Waals surface area contributed by atoms with E-state index in [1.54, 1.807) is 0 Å². The normalized spacial score (nSPS) is 20.8. The van der Waals surface area contributed by atoms with Gasteiger partial charge in [0.1, 0.15) is 11.8 Å². The molecule has 0 bridgehead atoms. The second-order valence-electron chi connectivity index (χ2n) is 2.50. The number of hydrogen-bond donors (Lipinski definition) is 3. The molecule has 0 aromatic rings. The van der Waals surface area contributed by atoms with Crippen molar-refractivity contribution in [2.75, 3.05) is 0 Å². The molecule has 0 aliphatic rings. The third-order valence-electron chi connectivity index (χ3n) is 1.11. The Morgan fingerprint density at radius 2 is 1.92 bits per heavy atom. The molecule has 72 valence electrons. The van der Waals surface area contributed by atoms with Gasteiger partial charge < -0.3 is 20.9 Å². The SMILES string of the molecule is C[C@H](N)C(=O)OP(=O)(O)[C@H](C)N. The first-order valence-electron chi connectivity index (χ1n) is 3.34. The number of rotatable bonds is 3. The first-order chi connectivity index (χ1) is 5.27. The van der Waals surface area contributed by atoms with Crippen molar-refractivity contribution < 1.29 is 18.8 Å². The summed E-state index contributed by atoms with van der Waals surface area (Å²) >= 11 is 0. The number of carbonyl (C=O) groups is 1. The van der Waals surface area contributed by atoms with Crippen LogP contribution in [0.1, 0.15) is 13.8 Å². The van der Waals surface area contributed by atoms with Crippen LogP contribution in [0.5, 0.6) is 0 Å². The van der Waals surface area contributed by atoms with Gasteiger partial charge in [-0.25, -0.2) is 4.57 Å². The van der Waals surface area contributed by atoms with Gasteiger partial charge >= 0.3 is 13.6 Å². The van der Waals surface area contributed by atoms with Gasteiger partial charge in [-0.2, -0.15) is 0 Å². The van der Waals surface area contributed by atoms with E-state index in [0.29, 0.717) is 0 Å². The van der Waals surface area contributed by atoms with Crippen LogP contribution in [0.4, 0.5) is 0 Å². The monoisotopic (exact) mass is 196 g/mol. The van der Waals surface area contributed by atoms with Crippen molar-refractivity contribution in [3.8, 4) is 0 Å². The molecular weight excluding hydrogens is 183 g/mol. The van der Waals surface area contributed by atoms with E-state index in [9.17, 15) is 9.36 Å². The average Bonchev–Trinajstić information content (AvgIpc) is 1.85. The first-order valence-corrected chi connectivity index (χ1v) is 4.99. The van der Waals surface area contributed by atoms with Crippen molar-refractivity contribution >= 4 is 13.6 Å². The lowest BCUT2D eigenvalue weighted by Gasteiger charge is -2.15. The third kappa shape index (κ3) is 3.32. The fraction of sp³-hybridized carbons (Fsp3) is 0.800. The summed E-state index contributed by atoms with van der Waals surface area (Å²) in [6.45, 7) is 2.62. The predicted molar refractivity (Wildman–Crippen MR) is 43.2 cm³/mol. The molecule has 0 radical (unpaired) electrons. The van der Waals surface area contributed by atoms with Crippen molar-refractivity contribution in [2.24, 2.45) is 11.5 Å². The number of hydrogen-bond acceptors (Lipinski definition) is 5. The summed E-state index contributed by atoms with van der Waals surface area (Å²) in [6, 6.07) is -0.927. The second-order valence-corrected chi connectivity index (χ2v) is 4.63. The minimum Gasteiger partial charge on any atom is -0.390 e. The van der Waals surface area contributed by atoms with Crippen LogP contribution >= 0.6 is 7.60 Å². The van der Waals surface area contributed by atoms with Gasteiger partial charge in [-0.05, 0) is 13.8 Å². The Hall–Kier alpha value is -0.420. The van der Waals surface area contributed by atoms with Crippen molar-refractivity contribution in [1.82, 2.24) is 0 Å². The van der Waals surface area contributed by atoms with Crippen LogP contribution in [0.25, 0.3) is 0 Å². The van der Waals surface area contributed by atoms with E-state index in [4.69, 9.17) is 16.4 Å². The minimum atomic E-state index is -4.03. The molecule has 0 amide bonds. The van der Waals surface area contributed by atoms with E-state index in [1.165, 1.54) is 13.8 Å². The summed E-state index contributed by atoms with van der Waals surface area (Å²) in [5.41, 5.74) is 10.2. The maximum Gasteiger partial charge on any atom is 0.395 e. The standard InChI is InChI=1S/C5H13N2O4P/c1-3(6)5(8)11-12(9,10)4(2)7/h3-4H,6-7H2,1-2H3,(H,9,10)/t3-,4+/m0/s1. The summed E-state index contributed by atoms with van der Waals surface area (Å²) in [7, 11) is -4.03.